The molecule has 3 rings (SSSR count). The molecule has 3 aromatic rings. The van der Waals surface area contributed by atoms with Gasteiger partial charge in [0, 0.05) is 29.5 Å². The van der Waals surface area contributed by atoms with E-state index in [0.29, 0.717) is 11.3 Å². The van der Waals surface area contributed by atoms with Crippen LogP contribution in [-0.2, 0) is 0 Å². The molecule has 0 spiro atoms. The summed E-state index contributed by atoms with van der Waals surface area (Å²) >= 11 is 0. The van der Waals surface area contributed by atoms with Crippen LogP contribution in [0.1, 0.15) is 5.69 Å². The highest BCUT2D eigenvalue weighted by molar-refractivity contribution is 5.60. The molecule has 1 aromatic heterocycles. The molecule has 0 saturated carbocycles. The Kier molecular flexibility index (Phi) is 4.71. The summed E-state index contributed by atoms with van der Waals surface area (Å²) in [5.74, 6) is -0.827. The van der Waals surface area contributed by atoms with Crippen LogP contribution in [0.25, 0.3) is 11.4 Å². The minimum Gasteiger partial charge on any atom is -0.432 e. The maximum atomic E-state index is 13.3. The normalized spacial score (nSPS) is 10.4. The Bertz CT molecular complexity index is 1060. The van der Waals surface area contributed by atoms with E-state index in [0.717, 1.165) is 18.2 Å². The SMILES string of the molecule is Cc1cc(Oc2ccc(F)cc2[N+](=O)[O-])nc(-c2cccc([N+](=O)[O-])c2)n1. The molecule has 0 bridgehead atoms. The summed E-state index contributed by atoms with van der Waals surface area (Å²) < 4.78 is 18.7. The summed E-state index contributed by atoms with van der Waals surface area (Å²) in [4.78, 5) is 29.1. The lowest BCUT2D eigenvalue weighted by molar-refractivity contribution is -0.385. The predicted molar refractivity (Wildman–Crippen MR) is 92.0 cm³/mol. The largest absolute Gasteiger partial charge is 0.432 e. The summed E-state index contributed by atoms with van der Waals surface area (Å²) in [5.41, 5.74) is 0.176. The van der Waals surface area contributed by atoms with Gasteiger partial charge in [-0.25, -0.2) is 9.37 Å². The fourth-order valence-electron chi connectivity index (χ4n) is 2.31. The van der Waals surface area contributed by atoms with Crippen LogP contribution >= 0.6 is 0 Å². The van der Waals surface area contributed by atoms with Gasteiger partial charge in [0.15, 0.2) is 5.82 Å². The van der Waals surface area contributed by atoms with Gasteiger partial charge in [-0.2, -0.15) is 4.98 Å². The third-order valence-corrected chi connectivity index (χ3v) is 3.48. The van der Waals surface area contributed by atoms with Crippen LogP contribution in [0.4, 0.5) is 15.8 Å². The average Bonchev–Trinajstić information content (AvgIpc) is 2.62. The fraction of sp³-hybridized carbons (Fsp3) is 0.0588. The molecule has 0 amide bonds. The average molecular weight is 370 g/mol. The summed E-state index contributed by atoms with van der Waals surface area (Å²) in [6.45, 7) is 1.65. The van der Waals surface area contributed by atoms with Gasteiger partial charge in [-0.1, -0.05) is 12.1 Å². The monoisotopic (exact) mass is 370 g/mol. The molecule has 9 nitrogen and oxygen atoms in total. The number of nitro benzene ring substituents is 2. The van der Waals surface area contributed by atoms with Crippen LogP contribution < -0.4 is 4.74 Å². The number of non-ortho nitro benzene ring substituents is 1. The van der Waals surface area contributed by atoms with E-state index in [9.17, 15) is 24.6 Å². The van der Waals surface area contributed by atoms with Crippen molar-refractivity contribution in [1.82, 2.24) is 9.97 Å². The first-order chi connectivity index (χ1) is 12.8. The number of halogens is 1. The Hall–Kier alpha value is -3.95. The number of nitrogens with zero attached hydrogens (tertiary/aromatic N) is 4. The summed E-state index contributed by atoms with van der Waals surface area (Å²) in [7, 11) is 0. The van der Waals surface area contributed by atoms with E-state index in [1.54, 1.807) is 13.0 Å². The second-order valence-corrected chi connectivity index (χ2v) is 5.45. The van der Waals surface area contributed by atoms with Crippen LogP contribution in [0.5, 0.6) is 11.6 Å². The lowest BCUT2D eigenvalue weighted by Gasteiger charge is -2.08. The highest BCUT2D eigenvalue weighted by Gasteiger charge is 2.18. The van der Waals surface area contributed by atoms with Crippen molar-refractivity contribution in [1.29, 1.82) is 0 Å². The van der Waals surface area contributed by atoms with Gasteiger partial charge in [0.05, 0.1) is 15.9 Å². The summed E-state index contributed by atoms with van der Waals surface area (Å²) in [6.07, 6.45) is 0. The maximum absolute atomic E-state index is 13.3. The van der Waals surface area contributed by atoms with Gasteiger partial charge in [0.2, 0.25) is 11.6 Å². The van der Waals surface area contributed by atoms with Crippen molar-refractivity contribution in [2.24, 2.45) is 0 Å². The van der Waals surface area contributed by atoms with Crippen LogP contribution in [0.2, 0.25) is 0 Å². The zero-order valence-electron chi connectivity index (χ0n) is 13.8. The molecule has 0 aliphatic heterocycles. The van der Waals surface area contributed by atoms with Gasteiger partial charge in [-0.05, 0) is 19.1 Å². The van der Waals surface area contributed by atoms with Gasteiger partial charge in [-0.15, -0.1) is 0 Å². The maximum Gasteiger partial charge on any atom is 0.314 e. The number of hydrogen-bond acceptors (Lipinski definition) is 7. The third kappa shape index (κ3) is 4.00. The number of ether oxygens (including phenoxy) is 1. The smallest absolute Gasteiger partial charge is 0.314 e. The number of nitro groups is 2. The number of aryl methyl sites for hydroxylation is 1. The van der Waals surface area contributed by atoms with E-state index in [2.05, 4.69) is 9.97 Å². The highest BCUT2D eigenvalue weighted by Crippen LogP contribution is 2.32. The molecule has 0 saturated heterocycles. The molecule has 0 radical (unpaired) electrons. The van der Waals surface area contributed by atoms with E-state index in [1.807, 2.05) is 0 Å². The Labute approximate surface area is 151 Å². The molecule has 0 unspecified atom stereocenters. The zero-order chi connectivity index (χ0) is 19.6. The molecule has 136 valence electrons. The summed E-state index contributed by atoms with van der Waals surface area (Å²) in [6, 6.07) is 10.0. The first-order valence-corrected chi connectivity index (χ1v) is 7.56. The molecular formula is C17H11FN4O5. The first kappa shape index (κ1) is 17.9. The molecule has 0 aliphatic rings. The van der Waals surface area contributed by atoms with Gasteiger partial charge in [0.25, 0.3) is 5.69 Å². The van der Waals surface area contributed by atoms with Crippen molar-refractivity contribution >= 4 is 11.4 Å². The quantitative estimate of drug-likeness (QED) is 0.487. The first-order valence-electron chi connectivity index (χ1n) is 7.56. The van der Waals surface area contributed by atoms with Crippen molar-refractivity contribution in [2.45, 2.75) is 6.92 Å². The van der Waals surface area contributed by atoms with Gasteiger partial charge < -0.3 is 4.74 Å². The third-order valence-electron chi connectivity index (χ3n) is 3.48. The van der Waals surface area contributed by atoms with Gasteiger partial charge >= 0.3 is 5.69 Å². The zero-order valence-corrected chi connectivity index (χ0v) is 13.8. The number of aromatic nitrogens is 2. The van der Waals surface area contributed by atoms with Crippen molar-refractivity contribution in [2.75, 3.05) is 0 Å². The number of hydrogen-bond donors (Lipinski definition) is 0. The molecule has 0 fully saturated rings. The summed E-state index contributed by atoms with van der Waals surface area (Å²) in [5, 5.41) is 22.0. The molecule has 0 aliphatic carbocycles. The van der Waals surface area contributed by atoms with Crippen molar-refractivity contribution < 1.29 is 19.0 Å². The number of rotatable bonds is 5. The van der Waals surface area contributed by atoms with Gasteiger partial charge in [-0.3, -0.25) is 20.2 Å². The van der Waals surface area contributed by atoms with Crippen LogP contribution in [-0.4, -0.2) is 19.8 Å². The Morgan fingerprint density at radius 3 is 2.48 bits per heavy atom. The van der Waals surface area contributed by atoms with Crippen LogP contribution in [0.3, 0.4) is 0 Å². The molecule has 10 heteroatoms. The molecular weight excluding hydrogens is 359 g/mol. The highest BCUT2D eigenvalue weighted by atomic mass is 19.1. The van der Waals surface area contributed by atoms with E-state index in [4.69, 9.17) is 4.74 Å². The van der Waals surface area contributed by atoms with Crippen LogP contribution in [0.15, 0.2) is 48.5 Å². The number of benzene rings is 2. The van der Waals surface area contributed by atoms with E-state index in [-0.39, 0.29) is 23.1 Å². The predicted octanol–water partition coefficient (Wildman–Crippen LogP) is 4.20. The van der Waals surface area contributed by atoms with E-state index in [1.165, 1.54) is 24.3 Å². The Morgan fingerprint density at radius 2 is 1.78 bits per heavy atom. The molecule has 27 heavy (non-hydrogen) atoms. The minimum absolute atomic E-state index is 0.0151. The molecule has 1 heterocycles. The lowest BCUT2D eigenvalue weighted by atomic mass is 10.2. The second-order valence-electron chi connectivity index (χ2n) is 5.45. The molecule has 0 atom stereocenters. The second kappa shape index (κ2) is 7.12. The standard InChI is InChI=1S/C17H11FN4O5/c1-10-7-16(27-15-6-5-12(18)9-14(15)22(25)26)20-17(19-10)11-3-2-4-13(8-11)21(23)24/h2-9H,1H3. The van der Waals surface area contributed by atoms with E-state index >= 15 is 0 Å². The van der Waals surface area contributed by atoms with Crippen molar-refractivity contribution in [3.63, 3.8) is 0 Å². The Morgan fingerprint density at radius 1 is 1.00 bits per heavy atom. The van der Waals surface area contributed by atoms with Crippen LogP contribution in [0, 0.1) is 33.0 Å². The van der Waals surface area contributed by atoms with Crippen molar-refractivity contribution in [3.05, 3.63) is 80.3 Å². The Balaban J connectivity index is 2.01. The van der Waals surface area contributed by atoms with E-state index < -0.39 is 21.4 Å². The fourth-order valence-corrected chi connectivity index (χ4v) is 2.31. The van der Waals surface area contributed by atoms with Gasteiger partial charge in [0.1, 0.15) is 5.82 Å². The lowest BCUT2D eigenvalue weighted by Crippen LogP contribution is -1.99. The minimum atomic E-state index is -0.773. The van der Waals surface area contributed by atoms with Crippen molar-refractivity contribution in [3.8, 4) is 23.0 Å². The topological polar surface area (TPSA) is 121 Å². The molecule has 0 N–H and O–H groups in total. The molecule has 2 aromatic carbocycles.